The number of piperidine rings is 1. The Morgan fingerprint density at radius 2 is 2.00 bits per heavy atom. The maximum atomic E-state index is 9.18. The fraction of sp³-hybridized carbons (Fsp3) is 0.467. The van der Waals surface area contributed by atoms with E-state index in [0.717, 1.165) is 18.7 Å². The number of nitrogens with one attached hydrogen (secondary N) is 1. The Labute approximate surface area is 114 Å². The topological polar surface area (TPSA) is 62.1 Å². The van der Waals surface area contributed by atoms with Gasteiger partial charge in [-0.05, 0) is 56.5 Å². The molecule has 0 aromatic heterocycles. The van der Waals surface area contributed by atoms with E-state index in [0.29, 0.717) is 19.0 Å². The van der Waals surface area contributed by atoms with Gasteiger partial charge in [-0.3, -0.25) is 4.79 Å². The molecule has 4 nitrogen and oxygen atoms in total. The Kier molecular flexibility index (Phi) is 7.30. The second kappa shape index (κ2) is 9.12. The number of hydrogen-bond acceptors (Lipinski definition) is 4. The highest BCUT2D eigenvalue weighted by Crippen LogP contribution is 2.24. The first kappa shape index (κ1) is 15.2. The zero-order valence-corrected chi connectivity index (χ0v) is 11.3. The fourth-order valence-corrected chi connectivity index (χ4v) is 2.05. The van der Waals surface area contributed by atoms with Gasteiger partial charge in [-0.1, -0.05) is 12.1 Å². The molecule has 2 rings (SSSR count). The van der Waals surface area contributed by atoms with Crippen molar-refractivity contribution in [3.8, 4) is 6.07 Å². The van der Waals surface area contributed by atoms with Gasteiger partial charge in [-0.25, -0.2) is 0 Å². The minimum absolute atomic E-state index is 0.431. The van der Waals surface area contributed by atoms with Crippen molar-refractivity contribution in [2.45, 2.75) is 25.7 Å². The van der Waals surface area contributed by atoms with Crippen LogP contribution in [0.5, 0.6) is 0 Å². The van der Waals surface area contributed by atoms with Crippen molar-refractivity contribution >= 4 is 6.47 Å². The molecule has 0 unspecified atom stereocenters. The van der Waals surface area contributed by atoms with Crippen LogP contribution in [0.25, 0.3) is 0 Å². The van der Waals surface area contributed by atoms with E-state index in [2.05, 4.69) is 28.3 Å². The summed E-state index contributed by atoms with van der Waals surface area (Å²) in [7, 11) is 0. The van der Waals surface area contributed by atoms with E-state index >= 15 is 0 Å². The average Bonchev–Trinajstić information content (AvgIpc) is 2.50. The van der Waals surface area contributed by atoms with Gasteiger partial charge in [0.05, 0.1) is 18.2 Å². The summed E-state index contributed by atoms with van der Waals surface area (Å²) < 4.78 is 4.15. The Bertz CT molecular complexity index is 403. The van der Waals surface area contributed by atoms with Crippen molar-refractivity contribution in [3.05, 3.63) is 35.4 Å². The third kappa shape index (κ3) is 5.54. The zero-order valence-electron chi connectivity index (χ0n) is 11.3. The molecule has 0 amide bonds. The molecule has 102 valence electrons. The molecule has 0 aliphatic carbocycles. The van der Waals surface area contributed by atoms with Crippen LogP contribution < -0.4 is 5.32 Å². The standard InChI is InChI=1S/C12H14N2.C3H6O2/c13-9-10-1-3-11(4-2-10)12-5-7-14-8-6-12;1-2-5-3-4/h1-4,12,14H,5-8H2;3H,2H2,1H3. The second-order valence-corrected chi connectivity index (χ2v) is 4.31. The van der Waals surface area contributed by atoms with Gasteiger partial charge >= 0.3 is 0 Å². The number of benzene rings is 1. The van der Waals surface area contributed by atoms with Gasteiger partial charge in [0.1, 0.15) is 0 Å². The van der Waals surface area contributed by atoms with Crippen molar-refractivity contribution in [1.29, 1.82) is 5.26 Å². The maximum absolute atomic E-state index is 9.18. The second-order valence-electron chi connectivity index (χ2n) is 4.31. The van der Waals surface area contributed by atoms with Crippen LogP contribution in [0.4, 0.5) is 0 Å². The number of nitriles is 1. The van der Waals surface area contributed by atoms with E-state index < -0.39 is 0 Å². The summed E-state index contributed by atoms with van der Waals surface area (Å²) in [4.78, 5) is 9.18. The molecule has 19 heavy (non-hydrogen) atoms. The van der Waals surface area contributed by atoms with Crippen molar-refractivity contribution < 1.29 is 9.53 Å². The smallest absolute Gasteiger partial charge is 0.293 e. The van der Waals surface area contributed by atoms with Gasteiger partial charge < -0.3 is 10.1 Å². The molecule has 1 aliphatic rings. The lowest BCUT2D eigenvalue weighted by Crippen LogP contribution is -2.26. The quantitative estimate of drug-likeness (QED) is 0.846. The Morgan fingerprint density at radius 3 is 2.42 bits per heavy atom. The number of carbonyl (C=O) groups is 1. The summed E-state index contributed by atoms with van der Waals surface area (Å²) in [6.45, 7) is 4.90. The zero-order chi connectivity index (χ0) is 13.9. The molecule has 4 heteroatoms. The number of nitrogens with zero attached hydrogens (tertiary/aromatic N) is 1. The molecule has 1 aromatic carbocycles. The monoisotopic (exact) mass is 260 g/mol. The summed E-state index contributed by atoms with van der Waals surface area (Å²) in [6.07, 6.45) is 2.43. The SMILES string of the molecule is CCOC=O.N#Cc1ccc(C2CCNCC2)cc1. The van der Waals surface area contributed by atoms with Gasteiger partial charge in [0, 0.05) is 0 Å². The summed E-state index contributed by atoms with van der Waals surface area (Å²) >= 11 is 0. The number of ether oxygens (including phenoxy) is 1. The van der Waals surface area contributed by atoms with Crippen molar-refractivity contribution in [3.63, 3.8) is 0 Å². The van der Waals surface area contributed by atoms with Gasteiger partial charge in [-0.15, -0.1) is 0 Å². The lowest BCUT2D eigenvalue weighted by molar-refractivity contribution is -0.128. The van der Waals surface area contributed by atoms with Crippen LogP contribution in [0.3, 0.4) is 0 Å². The van der Waals surface area contributed by atoms with Crippen LogP contribution in [-0.2, 0) is 9.53 Å². The molecular weight excluding hydrogens is 240 g/mol. The summed E-state index contributed by atoms with van der Waals surface area (Å²) in [5.41, 5.74) is 2.13. The van der Waals surface area contributed by atoms with Crippen LogP contribution in [-0.4, -0.2) is 26.2 Å². The molecule has 0 saturated carbocycles. The minimum atomic E-state index is 0.431. The third-order valence-electron chi connectivity index (χ3n) is 3.09. The summed E-state index contributed by atoms with van der Waals surface area (Å²) in [5.74, 6) is 0.684. The number of hydrogen-bond donors (Lipinski definition) is 1. The largest absolute Gasteiger partial charge is 0.468 e. The first-order valence-electron chi connectivity index (χ1n) is 6.57. The van der Waals surface area contributed by atoms with Crippen LogP contribution in [0.15, 0.2) is 24.3 Å². The molecule has 1 heterocycles. The van der Waals surface area contributed by atoms with Gasteiger partial charge in [0.25, 0.3) is 6.47 Å². The third-order valence-corrected chi connectivity index (χ3v) is 3.09. The Balaban J connectivity index is 0.000000312. The van der Waals surface area contributed by atoms with Gasteiger partial charge in [0.2, 0.25) is 0 Å². The lowest BCUT2D eigenvalue weighted by Gasteiger charge is -2.22. The van der Waals surface area contributed by atoms with E-state index in [9.17, 15) is 4.79 Å². The molecule has 0 bridgehead atoms. The van der Waals surface area contributed by atoms with Gasteiger partial charge in [-0.2, -0.15) is 5.26 Å². The molecular formula is C15H20N2O2. The van der Waals surface area contributed by atoms with Crippen LogP contribution in [0.2, 0.25) is 0 Å². The van der Waals surface area contributed by atoms with E-state index in [1.807, 2.05) is 12.1 Å². The van der Waals surface area contributed by atoms with Crippen LogP contribution in [0, 0.1) is 11.3 Å². The van der Waals surface area contributed by atoms with Crippen molar-refractivity contribution in [2.75, 3.05) is 19.7 Å². The number of carbonyl (C=O) groups excluding carboxylic acids is 1. The highest BCUT2D eigenvalue weighted by Gasteiger charge is 2.14. The predicted octanol–water partition coefficient (Wildman–Crippen LogP) is 2.20. The summed E-state index contributed by atoms with van der Waals surface area (Å²) in [6, 6.07) is 10.2. The first-order chi connectivity index (χ1) is 9.31. The van der Waals surface area contributed by atoms with Crippen molar-refractivity contribution in [1.82, 2.24) is 5.32 Å². The normalized spacial score (nSPS) is 14.7. The van der Waals surface area contributed by atoms with E-state index in [1.54, 1.807) is 6.92 Å². The van der Waals surface area contributed by atoms with Crippen LogP contribution in [0.1, 0.15) is 36.8 Å². The molecule has 1 N–H and O–H groups in total. The molecule has 1 saturated heterocycles. The maximum Gasteiger partial charge on any atom is 0.293 e. The molecule has 0 radical (unpaired) electrons. The summed E-state index contributed by atoms with van der Waals surface area (Å²) in [5, 5.41) is 12.0. The fourth-order valence-electron chi connectivity index (χ4n) is 2.05. The van der Waals surface area contributed by atoms with E-state index in [4.69, 9.17) is 5.26 Å². The predicted molar refractivity (Wildman–Crippen MR) is 73.7 cm³/mol. The van der Waals surface area contributed by atoms with Crippen molar-refractivity contribution in [2.24, 2.45) is 0 Å². The van der Waals surface area contributed by atoms with Gasteiger partial charge in [0.15, 0.2) is 0 Å². The average molecular weight is 260 g/mol. The van der Waals surface area contributed by atoms with Crippen LogP contribution >= 0.6 is 0 Å². The Morgan fingerprint density at radius 1 is 1.37 bits per heavy atom. The molecule has 1 aromatic rings. The molecule has 0 spiro atoms. The number of rotatable bonds is 3. The van der Waals surface area contributed by atoms with E-state index in [1.165, 1.54) is 18.4 Å². The highest BCUT2D eigenvalue weighted by molar-refractivity contribution is 5.36. The van der Waals surface area contributed by atoms with E-state index in [-0.39, 0.29) is 0 Å². The molecule has 1 aliphatic heterocycles. The minimum Gasteiger partial charge on any atom is -0.468 e. The lowest BCUT2D eigenvalue weighted by atomic mass is 9.90. The Hall–Kier alpha value is -1.86. The first-order valence-corrected chi connectivity index (χ1v) is 6.57. The molecule has 0 atom stereocenters. The highest BCUT2D eigenvalue weighted by atomic mass is 16.5. The molecule has 1 fully saturated rings.